The van der Waals surface area contributed by atoms with Crippen molar-refractivity contribution < 1.29 is 0 Å². The van der Waals surface area contributed by atoms with Crippen molar-refractivity contribution in [1.82, 2.24) is 0 Å². The van der Waals surface area contributed by atoms with E-state index in [4.69, 9.17) is 0 Å². The van der Waals surface area contributed by atoms with Crippen LogP contribution in [0.5, 0.6) is 0 Å². The van der Waals surface area contributed by atoms with Gasteiger partial charge in [-0.3, -0.25) is 0 Å². The molecular weight excluding hydrogens is 420 g/mol. The highest BCUT2D eigenvalue weighted by Gasteiger charge is 2.51. The van der Waals surface area contributed by atoms with E-state index in [9.17, 15) is 0 Å². The van der Waals surface area contributed by atoms with Gasteiger partial charge in [-0.05, 0) is 78.9 Å². The van der Waals surface area contributed by atoms with E-state index in [2.05, 4.69) is 128 Å². The molecule has 0 unspecified atom stereocenters. The molecule has 0 saturated heterocycles. The van der Waals surface area contributed by atoms with Crippen molar-refractivity contribution in [2.45, 2.75) is 5.41 Å². The Hall–Kier alpha value is -4.42. The van der Waals surface area contributed by atoms with Crippen LogP contribution in [0.3, 0.4) is 0 Å². The molecular formula is C35H24. The van der Waals surface area contributed by atoms with E-state index in [1.54, 1.807) is 0 Å². The summed E-state index contributed by atoms with van der Waals surface area (Å²) in [7, 11) is 0. The Balaban J connectivity index is 1.56. The van der Waals surface area contributed by atoms with E-state index in [1.165, 1.54) is 55.6 Å². The molecule has 35 heavy (non-hydrogen) atoms. The molecule has 1 spiro atoms. The monoisotopic (exact) mass is 444 g/mol. The zero-order chi connectivity index (χ0) is 23.6. The van der Waals surface area contributed by atoms with Crippen LogP contribution in [0, 0.1) is 0 Å². The van der Waals surface area contributed by atoms with Crippen molar-refractivity contribution in [3.05, 3.63) is 162 Å². The number of hydrogen-bond acceptors (Lipinski definition) is 0. The summed E-state index contributed by atoms with van der Waals surface area (Å²) in [5.41, 5.74) is 14.9. The number of rotatable bonds is 3. The molecule has 0 atom stereocenters. The lowest BCUT2D eigenvalue weighted by molar-refractivity contribution is 0.794. The molecule has 2 aliphatic rings. The van der Waals surface area contributed by atoms with Crippen LogP contribution in [-0.4, -0.2) is 0 Å². The summed E-state index contributed by atoms with van der Waals surface area (Å²) in [5.74, 6) is 0. The zero-order valence-corrected chi connectivity index (χ0v) is 19.5. The second kappa shape index (κ2) is 7.29. The fourth-order valence-electron chi connectivity index (χ4n) is 6.29. The number of benzene rings is 5. The molecule has 0 aromatic heterocycles. The first-order valence-electron chi connectivity index (χ1n) is 12.1. The SMILES string of the molecule is C=CC(=C)c1cccc(-c2ccc3c(c2)C2(c4ccccc4-c4ccccc42)c2ccccc2-3)c1. The molecule has 5 aromatic rings. The normalized spacial score (nSPS) is 13.6. The van der Waals surface area contributed by atoms with E-state index < -0.39 is 0 Å². The minimum atomic E-state index is -0.308. The van der Waals surface area contributed by atoms with Gasteiger partial charge in [-0.1, -0.05) is 122 Å². The predicted molar refractivity (Wildman–Crippen MR) is 147 cm³/mol. The van der Waals surface area contributed by atoms with Gasteiger partial charge in [0.2, 0.25) is 0 Å². The van der Waals surface area contributed by atoms with Crippen molar-refractivity contribution in [2.75, 3.05) is 0 Å². The number of fused-ring (bicyclic) bond motifs is 10. The summed E-state index contributed by atoms with van der Waals surface area (Å²) in [6.45, 7) is 8.05. The minimum Gasteiger partial charge on any atom is -0.0985 e. The second-order valence-electron chi connectivity index (χ2n) is 9.46. The molecule has 164 valence electrons. The van der Waals surface area contributed by atoms with Crippen LogP contribution < -0.4 is 0 Å². The highest BCUT2D eigenvalue weighted by atomic mass is 14.5. The first-order valence-corrected chi connectivity index (χ1v) is 12.1. The molecule has 0 heterocycles. The Labute approximate surface area is 206 Å². The first kappa shape index (κ1) is 20.0. The molecule has 7 rings (SSSR count). The average molecular weight is 445 g/mol. The predicted octanol–water partition coefficient (Wildman–Crippen LogP) is 8.90. The minimum absolute atomic E-state index is 0.308. The number of allylic oxidation sites excluding steroid dienone is 2. The molecule has 0 radical (unpaired) electrons. The summed E-state index contributed by atoms with van der Waals surface area (Å²) in [5, 5.41) is 0. The molecule has 0 N–H and O–H groups in total. The Morgan fingerprint density at radius 1 is 0.514 bits per heavy atom. The maximum absolute atomic E-state index is 4.15. The molecule has 0 aliphatic heterocycles. The van der Waals surface area contributed by atoms with Gasteiger partial charge in [0.25, 0.3) is 0 Å². The van der Waals surface area contributed by atoms with Crippen LogP contribution in [0.15, 0.2) is 134 Å². The molecule has 0 heteroatoms. The maximum Gasteiger partial charge on any atom is 0.0725 e. The largest absolute Gasteiger partial charge is 0.0985 e. The third-order valence-electron chi connectivity index (χ3n) is 7.81. The van der Waals surface area contributed by atoms with Crippen molar-refractivity contribution in [3.8, 4) is 33.4 Å². The quantitative estimate of drug-likeness (QED) is 0.239. The first-order chi connectivity index (χ1) is 17.2. The average Bonchev–Trinajstić information content (AvgIpc) is 3.40. The zero-order valence-electron chi connectivity index (χ0n) is 19.5. The third kappa shape index (κ3) is 2.57. The van der Waals surface area contributed by atoms with Crippen molar-refractivity contribution in [1.29, 1.82) is 0 Å². The summed E-state index contributed by atoms with van der Waals surface area (Å²) in [6.07, 6.45) is 1.82. The lowest BCUT2D eigenvalue weighted by atomic mass is 9.70. The highest BCUT2D eigenvalue weighted by molar-refractivity contribution is 5.95. The summed E-state index contributed by atoms with van der Waals surface area (Å²) in [4.78, 5) is 0. The number of hydrogen-bond donors (Lipinski definition) is 0. The van der Waals surface area contributed by atoms with Crippen LogP contribution in [0.4, 0.5) is 0 Å². The fraction of sp³-hybridized carbons (Fsp3) is 0.0286. The smallest absolute Gasteiger partial charge is 0.0725 e. The maximum atomic E-state index is 4.15. The van der Waals surface area contributed by atoms with Crippen molar-refractivity contribution in [2.24, 2.45) is 0 Å². The lowest BCUT2D eigenvalue weighted by Crippen LogP contribution is -2.25. The Morgan fingerprint density at radius 3 is 1.60 bits per heavy atom. The van der Waals surface area contributed by atoms with Gasteiger partial charge in [0.15, 0.2) is 0 Å². The van der Waals surface area contributed by atoms with Crippen molar-refractivity contribution >= 4 is 5.57 Å². The van der Waals surface area contributed by atoms with Gasteiger partial charge in [0, 0.05) is 0 Å². The van der Waals surface area contributed by atoms with Crippen LogP contribution in [-0.2, 0) is 5.41 Å². The molecule has 0 amide bonds. The van der Waals surface area contributed by atoms with Gasteiger partial charge < -0.3 is 0 Å². The molecule has 0 nitrogen and oxygen atoms in total. The molecule has 5 aromatic carbocycles. The van der Waals surface area contributed by atoms with Crippen LogP contribution in [0.1, 0.15) is 27.8 Å². The van der Waals surface area contributed by atoms with Gasteiger partial charge in [0.1, 0.15) is 0 Å². The van der Waals surface area contributed by atoms with Crippen LogP contribution in [0.25, 0.3) is 39.0 Å². The second-order valence-corrected chi connectivity index (χ2v) is 9.46. The third-order valence-corrected chi connectivity index (χ3v) is 7.81. The summed E-state index contributed by atoms with van der Waals surface area (Å²) in [6, 6.07) is 42.4. The van der Waals surface area contributed by atoms with Crippen LogP contribution in [0.2, 0.25) is 0 Å². The van der Waals surface area contributed by atoms with Gasteiger partial charge >= 0.3 is 0 Å². The highest BCUT2D eigenvalue weighted by Crippen LogP contribution is 2.62. The van der Waals surface area contributed by atoms with Gasteiger partial charge in [-0.25, -0.2) is 0 Å². The molecule has 0 saturated carbocycles. The Kier molecular flexibility index (Phi) is 4.16. The molecule has 2 aliphatic carbocycles. The lowest BCUT2D eigenvalue weighted by Gasteiger charge is -2.30. The summed E-state index contributed by atoms with van der Waals surface area (Å²) >= 11 is 0. The van der Waals surface area contributed by atoms with Crippen molar-refractivity contribution in [3.63, 3.8) is 0 Å². The molecule has 0 fully saturated rings. The Bertz CT molecular complexity index is 1620. The molecule has 0 bridgehead atoms. The van der Waals surface area contributed by atoms with Crippen LogP contribution >= 0.6 is 0 Å². The Morgan fingerprint density at radius 2 is 1.03 bits per heavy atom. The van der Waals surface area contributed by atoms with E-state index >= 15 is 0 Å². The van der Waals surface area contributed by atoms with Gasteiger partial charge in [-0.2, -0.15) is 0 Å². The fourth-order valence-corrected chi connectivity index (χ4v) is 6.29. The van der Waals surface area contributed by atoms with E-state index in [0.717, 1.165) is 11.1 Å². The van der Waals surface area contributed by atoms with E-state index in [-0.39, 0.29) is 5.41 Å². The summed E-state index contributed by atoms with van der Waals surface area (Å²) < 4.78 is 0. The van der Waals surface area contributed by atoms with Gasteiger partial charge in [-0.15, -0.1) is 0 Å². The van der Waals surface area contributed by atoms with E-state index in [1.807, 2.05) is 6.08 Å². The standard InChI is InChI=1S/C35H24/c1-3-23(2)24-11-10-12-25(21-24)26-19-20-30-29-15-6-9-18-33(29)35(34(30)22-26)31-16-7-4-13-27(31)28-14-5-8-17-32(28)35/h3-22H,1-2H2. The van der Waals surface area contributed by atoms with E-state index in [0.29, 0.717) is 0 Å². The van der Waals surface area contributed by atoms with Gasteiger partial charge in [0.05, 0.1) is 5.41 Å². The topological polar surface area (TPSA) is 0 Å².